The SMILES string of the molecule is Cc1ccc(C)c(Cn2c(=O)n(Cc3ccncc3)c(=O)c3ncccc32)c1. The molecule has 1 aromatic carbocycles. The van der Waals surface area contributed by atoms with E-state index >= 15 is 0 Å². The quantitative estimate of drug-likeness (QED) is 0.552. The van der Waals surface area contributed by atoms with E-state index in [1.165, 1.54) is 4.57 Å². The fraction of sp³-hybridized carbons (Fsp3) is 0.182. The van der Waals surface area contributed by atoms with Gasteiger partial charge in [-0.1, -0.05) is 23.8 Å². The summed E-state index contributed by atoms with van der Waals surface area (Å²) in [5, 5.41) is 0. The Bertz CT molecular complexity index is 1270. The molecule has 0 radical (unpaired) electrons. The predicted molar refractivity (Wildman–Crippen MR) is 109 cm³/mol. The maximum absolute atomic E-state index is 13.3. The van der Waals surface area contributed by atoms with Crippen molar-refractivity contribution >= 4 is 11.0 Å². The van der Waals surface area contributed by atoms with Crippen LogP contribution in [-0.2, 0) is 13.1 Å². The number of aryl methyl sites for hydroxylation is 2. The van der Waals surface area contributed by atoms with Crippen LogP contribution in [0.15, 0.2) is 70.6 Å². The van der Waals surface area contributed by atoms with Gasteiger partial charge in [-0.15, -0.1) is 0 Å². The molecule has 0 aliphatic heterocycles. The second kappa shape index (κ2) is 7.23. The van der Waals surface area contributed by atoms with Gasteiger partial charge in [0, 0.05) is 18.6 Å². The molecule has 0 aliphatic carbocycles. The number of rotatable bonds is 4. The highest BCUT2D eigenvalue weighted by atomic mass is 16.2. The van der Waals surface area contributed by atoms with Crippen LogP contribution in [0.1, 0.15) is 22.3 Å². The Hall–Kier alpha value is -3.54. The van der Waals surface area contributed by atoms with Crippen molar-refractivity contribution < 1.29 is 0 Å². The Labute approximate surface area is 161 Å². The van der Waals surface area contributed by atoms with Gasteiger partial charge in [-0.2, -0.15) is 0 Å². The number of fused-ring (bicyclic) bond motifs is 1. The highest BCUT2D eigenvalue weighted by Crippen LogP contribution is 2.14. The second-order valence-corrected chi connectivity index (χ2v) is 6.92. The first-order valence-corrected chi connectivity index (χ1v) is 9.08. The summed E-state index contributed by atoms with van der Waals surface area (Å²) in [5.41, 5.74) is 4.22. The average Bonchev–Trinajstić information content (AvgIpc) is 2.71. The van der Waals surface area contributed by atoms with E-state index in [1.807, 2.05) is 26.0 Å². The minimum Gasteiger partial charge on any atom is -0.287 e. The normalized spacial score (nSPS) is 11.1. The zero-order valence-corrected chi connectivity index (χ0v) is 15.8. The number of benzene rings is 1. The summed E-state index contributed by atoms with van der Waals surface area (Å²) in [6, 6.07) is 13.3. The predicted octanol–water partition coefficient (Wildman–Crippen LogP) is 2.67. The summed E-state index contributed by atoms with van der Waals surface area (Å²) >= 11 is 0. The van der Waals surface area contributed by atoms with Crippen LogP contribution in [0.25, 0.3) is 11.0 Å². The third-order valence-electron chi connectivity index (χ3n) is 4.91. The van der Waals surface area contributed by atoms with E-state index < -0.39 is 0 Å². The van der Waals surface area contributed by atoms with Crippen LogP contribution >= 0.6 is 0 Å². The molecule has 6 nitrogen and oxygen atoms in total. The highest BCUT2D eigenvalue weighted by Gasteiger charge is 2.15. The van der Waals surface area contributed by atoms with Crippen molar-refractivity contribution in [2.24, 2.45) is 0 Å². The molecule has 28 heavy (non-hydrogen) atoms. The Morgan fingerprint density at radius 3 is 2.46 bits per heavy atom. The van der Waals surface area contributed by atoms with E-state index in [0.29, 0.717) is 17.6 Å². The maximum Gasteiger partial charge on any atom is 0.332 e. The number of hydrogen-bond donors (Lipinski definition) is 0. The maximum atomic E-state index is 13.3. The molecule has 6 heteroatoms. The number of nitrogens with zero attached hydrogens (tertiary/aromatic N) is 4. The molecular formula is C22H20N4O2. The molecule has 3 aromatic heterocycles. The van der Waals surface area contributed by atoms with Crippen molar-refractivity contribution in [2.45, 2.75) is 26.9 Å². The molecule has 0 bridgehead atoms. The monoisotopic (exact) mass is 372 g/mol. The smallest absolute Gasteiger partial charge is 0.287 e. The molecule has 0 fully saturated rings. The van der Waals surface area contributed by atoms with Gasteiger partial charge >= 0.3 is 5.69 Å². The summed E-state index contributed by atoms with van der Waals surface area (Å²) in [7, 11) is 0. The zero-order valence-electron chi connectivity index (χ0n) is 15.8. The first-order chi connectivity index (χ1) is 13.5. The molecule has 0 atom stereocenters. The molecule has 140 valence electrons. The molecule has 0 saturated heterocycles. The Morgan fingerprint density at radius 1 is 0.893 bits per heavy atom. The van der Waals surface area contributed by atoms with Crippen LogP contribution in [0.2, 0.25) is 0 Å². The van der Waals surface area contributed by atoms with Crippen LogP contribution < -0.4 is 11.2 Å². The summed E-state index contributed by atoms with van der Waals surface area (Å²) in [4.78, 5) is 34.5. The molecule has 0 unspecified atom stereocenters. The van der Waals surface area contributed by atoms with Crippen molar-refractivity contribution in [1.29, 1.82) is 0 Å². The number of aromatic nitrogens is 4. The lowest BCUT2D eigenvalue weighted by Gasteiger charge is -2.15. The van der Waals surface area contributed by atoms with Crippen molar-refractivity contribution in [3.8, 4) is 0 Å². The van der Waals surface area contributed by atoms with E-state index in [1.54, 1.807) is 47.4 Å². The minimum atomic E-state index is -0.380. The van der Waals surface area contributed by atoms with Gasteiger partial charge in [0.1, 0.15) is 0 Å². The minimum absolute atomic E-state index is 0.180. The number of hydrogen-bond acceptors (Lipinski definition) is 4. The highest BCUT2D eigenvalue weighted by molar-refractivity contribution is 5.73. The molecule has 0 N–H and O–H groups in total. The summed E-state index contributed by atoms with van der Waals surface area (Å²) in [6.45, 7) is 4.60. The van der Waals surface area contributed by atoms with Crippen molar-refractivity contribution in [3.63, 3.8) is 0 Å². The Balaban J connectivity index is 1.93. The van der Waals surface area contributed by atoms with Gasteiger partial charge in [0.25, 0.3) is 5.56 Å². The zero-order chi connectivity index (χ0) is 19.7. The van der Waals surface area contributed by atoms with E-state index in [0.717, 1.165) is 22.3 Å². The average molecular weight is 372 g/mol. The summed E-state index contributed by atoms with van der Waals surface area (Å²) in [5.74, 6) is 0. The standard InChI is InChI=1S/C22H20N4O2/c1-15-5-6-16(2)18(12-15)14-25-19-4-3-9-24-20(19)21(27)26(22(25)28)13-17-7-10-23-11-8-17/h3-12H,13-14H2,1-2H3. The molecular weight excluding hydrogens is 352 g/mol. The lowest BCUT2D eigenvalue weighted by atomic mass is 10.1. The van der Waals surface area contributed by atoms with Crippen LogP contribution in [-0.4, -0.2) is 19.1 Å². The van der Waals surface area contributed by atoms with Gasteiger partial charge in [-0.05, 0) is 54.8 Å². The van der Waals surface area contributed by atoms with Crippen molar-refractivity contribution in [2.75, 3.05) is 0 Å². The summed E-state index contributed by atoms with van der Waals surface area (Å²) < 4.78 is 2.88. The van der Waals surface area contributed by atoms with Gasteiger partial charge in [-0.25, -0.2) is 9.78 Å². The largest absolute Gasteiger partial charge is 0.332 e. The Kier molecular flexibility index (Phi) is 4.61. The first-order valence-electron chi connectivity index (χ1n) is 9.08. The van der Waals surface area contributed by atoms with Gasteiger partial charge in [0.05, 0.1) is 18.6 Å². The van der Waals surface area contributed by atoms with E-state index in [2.05, 4.69) is 16.0 Å². The fourth-order valence-electron chi connectivity index (χ4n) is 3.35. The molecule has 4 aromatic rings. The lowest BCUT2D eigenvalue weighted by Crippen LogP contribution is -2.41. The third kappa shape index (κ3) is 3.24. The van der Waals surface area contributed by atoms with Gasteiger partial charge in [0.15, 0.2) is 5.52 Å². The van der Waals surface area contributed by atoms with Gasteiger partial charge in [0.2, 0.25) is 0 Å². The molecule has 0 spiro atoms. The third-order valence-corrected chi connectivity index (χ3v) is 4.91. The van der Waals surface area contributed by atoms with Crippen molar-refractivity contribution in [1.82, 2.24) is 19.1 Å². The van der Waals surface area contributed by atoms with Gasteiger partial charge < -0.3 is 0 Å². The van der Waals surface area contributed by atoms with Crippen LogP contribution in [0, 0.1) is 13.8 Å². The molecule has 0 saturated carbocycles. The first kappa shape index (κ1) is 17.9. The molecule has 0 amide bonds. The second-order valence-electron chi connectivity index (χ2n) is 6.92. The fourth-order valence-corrected chi connectivity index (χ4v) is 3.35. The van der Waals surface area contributed by atoms with E-state index in [-0.39, 0.29) is 17.8 Å². The van der Waals surface area contributed by atoms with Crippen LogP contribution in [0.4, 0.5) is 0 Å². The molecule has 4 rings (SSSR count). The topological polar surface area (TPSA) is 69.8 Å². The Morgan fingerprint density at radius 2 is 1.68 bits per heavy atom. The number of pyridine rings is 2. The van der Waals surface area contributed by atoms with Gasteiger partial charge in [-0.3, -0.25) is 18.9 Å². The molecule has 0 aliphatic rings. The van der Waals surface area contributed by atoms with Crippen LogP contribution in [0.3, 0.4) is 0 Å². The molecule has 3 heterocycles. The summed E-state index contributed by atoms with van der Waals surface area (Å²) in [6.07, 6.45) is 4.87. The van der Waals surface area contributed by atoms with E-state index in [4.69, 9.17) is 0 Å². The lowest BCUT2D eigenvalue weighted by molar-refractivity contribution is 0.631. The van der Waals surface area contributed by atoms with Crippen LogP contribution in [0.5, 0.6) is 0 Å². The van der Waals surface area contributed by atoms with Crippen molar-refractivity contribution in [3.05, 3.63) is 104 Å². The van der Waals surface area contributed by atoms with E-state index in [9.17, 15) is 9.59 Å².